The molecular formula is C20H21N5O3. The highest BCUT2D eigenvalue weighted by Gasteiger charge is 2.25. The smallest absolute Gasteiger partial charge is 0.293 e. The minimum Gasteiger partial charge on any atom is -0.366 e. The van der Waals surface area contributed by atoms with E-state index in [0.717, 1.165) is 37.0 Å². The summed E-state index contributed by atoms with van der Waals surface area (Å²) in [5.74, 6) is 0.494. The van der Waals surface area contributed by atoms with Gasteiger partial charge in [0.2, 0.25) is 5.95 Å². The van der Waals surface area contributed by atoms with Crippen molar-refractivity contribution in [2.45, 2.75) is 19.8 Å². The third kappa shape index (κ3) is 3.53. The summed E-state index contributed by atoms with van der Waals surface area (Å²) in [7, 11) is 0. The summed E-state index contributed by atoms with van der Waals surface area (Å²) < 4.78 is 0. The van der Waals surface area contributed by atoms with Crippen molar-refractivity contribution in [3.05, 3.63) is 58.1 Å². The van der Waals surface area contributed by atoms with Crippen LogP contribution in [0.25, 0.3) is 11.0 Å². The highest BCUT2D eigenvalue weighted by Crippen LogP contribution is 2.32. The van der Waals surface area contributed by atoms with Crippen molar-refractivity contribution < 1.29 is 9.72 Å². The van der Waals surface area contributed by atoms with Gasteiger partial charge < -0.3 is 9.88 Å². The van der Waals surface area contributed by atoms with Gasteiger partial charge in [0.1, 0.15) is 5.69 Å². The Labute approximate surface area is 161 Å². The van der Waals surface area contributed by atoms with Gasteiger partial charge in [-0.1, -0.05) is 19.1 Å². The van der Waals surface area contributed by atoms with E-state index in [1.54, 1.807) is 12.1 Å². The number of amides is 1. The van der Waals surface area contributed by atoms with Crippen LogP contribution in [0.5, 0.6) is 0 Å². The molecular weight excluding hydrogens is 358 g/mol. The lowest BCUT2D eigenvalue weighted by atomic mass is 9.98. The number of hydrogen-bond acceptors (Lipinski definition) is 5. The van der Waals surface area contributed by atoms with Crippen LogP contribution in [0.3, 0.4) is 0 Å². The second-order valence-corrected chi connectivity index (χ2v) is 7.19. The summed E-state index contributed by atoms with van der Waals surface area (Å²) in [6.45, 7) is 3.76. The summed E-state index contributed by atoms with van der Waals surface area (Å²) in [5, 5.41) is 14.3. The molecule has 1 aliphatic rings. The van der Waals surface area contributed by atoms with Crippen LogP contribution in [0, 0.1) is 16.0 Å². The molecule has 0 unspecified atom stereocenters. The van der Waals surface area contributed by atoms with Crippen LogP contribution < -0.4 is 10.2 Å². The van der Waals surface area contributed by atoms with Crippen molar-refractivity contribution in [1.82, 2.24) is 9.97 Å². The van der Waals surface area contributed by atoms with E-state index in [0.29, 0.717) is 17.6 Å². The molecule has 1 aromatic heterocycles. The number of aromatic nitrogens is 2. The lowest BCUT2D eigenvalue weighted by Crippen LogP contribution is -2.33. The van der Waals surface area contributed by atoms with Crippen molar-refractivity contribution >= 4 is 34.3 Å². The molecule has 2 N–H and O–H groups in total. The standard InChI is InChI=1S/C20H21N5O3/c1-13-8-10-24(11-9-13)17-7-6-14(12-18(17)25(27)28)19(26)23-20-21-15-4-2-3-5-16(15)22-20/h2-7,12-13H,8-11H2,1H3,(H2,21,22,23,26). The van der Waals surface area contributed by atoms with Gasteiger partial charge in [-0.2, -0.15) is 0 Å². The summed E-state index contributed by atoms with van der Waals surface area (Å²) in [6, 6.07) is 12.1. The van der Waals surface area contributed by atoms with E-state index in [1.165, 1.54) is 6.07 Å². The third-order valence-corrected chi connectivity index (χ3v) is 5.18. The van der Waals surface area contributed by atoms with Crippen LogP contribution in [-0.4, -0.2) is 33.9 Å². The number of nitrogens with one attached hydrogen (secondary N) is 2. The van der Waals surface area contributed by atoms with E-state index in [1.807, 2.05) is 29.2 Å². The summed E-state index contributed by atoms with van der Waals surface area (Å²) >= 11 is 0. The van der Waals surface area contributed by atoms with Gasteiger partial charge in [-0.25, -0.2) is 4.98 Å². The average molecular weight is 379 g/mol. The molecule has 1 amide bonds. The van der Waals surface area contributed by atoms with Crippen LogP contribution >= 0.6 is 0 Å². The fourth-order valence-electron chi connectivity index (χ4n) is 3.52. The first kappa shape index (κ1) is 18.0. The third-order valence-electron chi connectivity index (χ3n) is 5.18. The molecule has 1 aliphatic heterocycles. The van der Waals surface area contributed by atoms with Gasteiger partial charge in [0, 0.05) is 24.7 Å². The lowest BCUT2D eigenvalue weighted by Gasteiger charge is -2.31. The van der Waals surface area contributed by atoms with Crippen molar-refractivity contribution in [1.29, 1.82) is 0 Å². The Hall–Kier alpha value is -3.42. The van der Waals surface area contributed by atoms with E-state index in [2.05, 4.69) is 22.2 Å². The summed E-state index contributed by atoms with van der Waals surface area (Å²) in [5.41, 5.74) is 2.28. The normalized spacial score (nSPS) is 15.0. The number of carbonyl (C=O) groups excluding carboxylic acids is 1. The molecule has 2 aromatic carbocycles. The zero-order valence-electron chi connectivity index (χ0n) is 15.5. The van der Waals surface area contributed by atoms with Crippen molar-refractivity contribution in [3.63, 3.8) is 0 Å². The number of anilines is 2. The molecule has 0 radical (unpaired) electrons. The van der Waals surface area contributed by atoms with Crippen LogP contribution in [0.2, 0.25) is 0 Å². The van der Waals surface area contributed by atoms with Crippen LogP contribution in [0.4, 0.5) is 17.3 Å². The molecule has 144 valence electrons. The quantitative estimate of drug-likeness (QED) is 0.527. The van der Waals surface area contributed by atoms with Crippen LogP contribution in [0.1, 0.15) is 30.1 Å². The number of H-pyrrole nitrogens is 1. The molecule has 0 bridgehead atoms. The minimum atomic E-state index is -0.444. The van der Waals surface area contributed by atoms with E-state index < -0.39 is 10.8 Å². The number of imidazole rings is 1. The topological polar surface area (TPSA) is 104 Å². The van der Waals surface area contributed by atoms with Crippen molar-refractivity contribution in [2.75, 3.05) is 23.3 Å². The molecule has 4 rings (SSSR count). The Morgan fingerprint density at radius 2 is 2.00 bits per heavy atom. The fraction of sp³-hybridized carbons (Fsp3) is 0.300. The number of benzene rings is 2. The van der Waals surface area contributed by atoms with Gasteiger partial charge in [0.15, 0.2) is 0 Å². The number of hydrogen-bond donors (Lipinski definition) is 2. The minimum absolute atomic E-state index is 0.0493. The number of carbonyl (C=O) groups is 1. The van der Waals surface area contributed by atoms with Gasteiger partial charge in [0.25, 0.3) is 11.6 Å². The number of rotatable bonds is 4. The Kier molecular flexibility index (Phi) is 4.68. The molecule has 1 fully saturated rings. The molecule has 0 aliphatic carbocycles. The Morgan fingerprint density at radius 1 is 1.25 bits per heavy atom. The van der Waals surface area contributed by atoms with Gasteiger partial charge in [0.05, 0.1) is 16.0 Å². The monoisotopic (exact) mass is 379 g/mol. The first-order valence-corrected chi connectivity index (χ1v) is 9.31. The van der Waals surface area contributed by atoms with Gasteiger partial charge in [-0.3, -0.25) is 20.2 Å². The summed E-state index contributed by atoms with van der Waals surface area (Å²) in [6.07, 6.45) is 2.01. The van der Waals surface area contributed by atoms with Crippen molar-refractivity contribution in [3.8, 4) is 0 Å². The predicted octanol–water partition coefficient (Wildman–Crippen LogP) is 3.96. The van der Waals surface area contributed by atoms with Gasteiger partial charge in [-0.15, -0.1) is 0 Å². The maximum atomic E-state index is 12.6. The molecule has 8 heteroatoms. The molecule has 0 saturated carbocycles. The first-order valence-electron chi connectivity index (χ1n) is 9.31. The Bertz CT molecular complexity index is 1000. The van der Waals surface area contributed by atoms with E-state index in [-0.39, 0.29) is 11.3 Å². The van der Waals surface area contributed by atoms with Gasteiger partial charge in [-0.05, 0) is 43.0 Å². The number of para-hydroxylation sites is 2. The number of nitro groups is 1. The largest absolute Gasteiger partial charge is 0.366 e. The van der Waals surface area contributed by atoms with E-state index >= 15 is 0 Å². The lowest BCUT2D eigenvalue weighted by molar-refractivity contribution is -0.384. The second kappa shape index (κ2) is 7.30. The predicted molar refractivity (Wildman–Crippen MR) is 108 cm³/mol. The molecule has 28 heavy (non-hydrogen) atoms. The molecule has 3 aromatic rings. The maximum Gasteiger partial charge on any atom is 0.293 e. The maximum absolute atomic E-state index is 12.6. The molecule has 2 heterocycles. The number of nitrogens with zero attached hydrogens (tertiary/aromatic N) is 3. The highest BCUT2D eigenvalue weighted by atomic mass is 16.6. The number of fused-ring (bicyclic) bond motifs is 1. The van der Waals surface area contributed by atoms with Gasteiger partial charge >= 0.3 is 0 Å². The molecule has 8 nitrogen and oxygen atoms in total. The van der Waals surface area contributed by atoms with E-state index in [9.17, 15) is 14.9 Å². The Morgan fingerprint density at radius 3 is 2.71 bits per heavy atom. The molecule has 1 saturated heterocycles. The number of piperidine rings is 1. The fourth-order valence-corrected chi connectivity index (χ4v) is 3.52. The zero-order chi connectivity index (χ0) is 19.7. The van der Waals surface area contributed by atoms with Crippen molar-refractivity contribution in [2.24, 2.45) is 5.92 Å². The molecule has 0 spiro atoms. The number of aromatic amines is 1. The second-order valence-electron chi connectivity index (χ2n) is 7.19. The summed E-state index contributed by atoms with van der Waals surface area (Å²) in [4.78, 5) is 33.1. The SMILES string of the molecule is CC1CCN(c2ccc(C(=O)Nc3nc4ccccc4[nH]3)cc2[N+](=O)[O-])CC1. The van der Waals surface area contributed by atoms with E-state index in [4.69, 9.17) is 0 Å². The first-order chi connectivity index (χ1) is 13.5. The molecule has 0 atom stereocenters. The number of nitro benzene ring substituents is 1. The average Bonchev–Trinajstić information content (AvgIpc) is 3.10. The highest BCUT2D eigenvalue weighted by molar-refractivity contribution is 6.04. The zero-order valence-corrected chi connectivity index (χ0v) is 15.5. The van der Waals surface area contributed by atoms with Crippen LogP contribution in [0.15, 0.2) is 42.5 Å². The Balaban J connectivity index is 1.57. The van der Waals surface area contributed by atoms with Crippen LogP contribution in [-0.2, 0) is 0 Å².